The topological polar surface area (TPSA) is 46.5 Å². The van der Waals surface area contributed by atoms with E-state index in [1.807, 2.05) is 0 Å². The van der Waals surface area contributed by atoms with Crippen LogP contribution in [0.3, 0.4) is 0 Å². The Kier molecular flexibility index (Phi) is 9.02. The molecule has 0 aromatic heterocycles. The maximum absolute atomic E-state index is 10.7. The summed E-state index contributed by atoms with van der Waals surface area (Å²) in [6.07, 6.45) is 11.2. The molecule has 0 atom stereocenters. The van der Waals surface area contributed by atoms with Crippen molar-refractivity contribution in [3.05, 3.63) is 12.2 Å². The molecule has 0 aliphatic carbocycles. The molecular formula is C11H17NO2. The first-order valence-corrected chi connectivity index (χ1v) is 5.09. The van der Waals surface area contributed by atoms with Gasteiger partial charge in [0.05, 0.1) is 0 Å². The molecule has 0 radical (unpaired) electrons. The molecule has 0 aromatic rings. The van der Waals surface area contributed by atoms with Crippen LogP contribution in [-0.4, -0.2) is 12.0 Å². The Morgan fingerprint density at radius 1 is 1.29 bits per heavy atom. The molecule has 0 saturated heterocycles. The highest BCUT2D eigenvalue weighted by Crippen LogP contribution is 2.05. The van der Waals surface area contributed by atoms with Gasteiger partial charge in [-0.2, -0.15) is 0 Å². The molecule has 3 nitrogen and oxygen atoms in total. The summed E-state index contributed by atoms with van der Waals surface area (Å²) in [5.74, 6) is -0.520. The van der Waals surface area contributed by atoms with Crippen molar-refractivity contribution in [1.29, 1.82) is 0 Å². The van der Waals surface area contributed by atoms with Gasteiger partial charge < -0.3 is 0 Å². The van der Waals surface area contributed by atoms with Gasteiger partial charge in [0.25, 0.3) is 5.91 Å². The standard InChI is InChI=1S/C11H17NO2/c1-2-3-4-5-6-7-8-9-11(14)12-10-13/h8-9H,2-7H2,1H3. The molecule has 0 saturated carbocycles. The lowest BCUT2D eigenvalue weighted by Crippen LogP contribution is -1.84. The summed E-state index contributed by atoms with van der Waals surface area (Å²) in [5, 5.41) is 0. The average Bonchev–Trinajstić information content (AvgIpc) is 2.17. The summed E-state index contributed by atoms with van der Waals surface area (Å²) in [6, 6.07) is 0. The van der Waals surface area contributed by atoms with Crippen LogP contribution in [0.2, 0.25) is 0 Å². The van der Waals surface area contributed by atoms with Crippen LogP contribution in [0.1, 0.15) is 45.4 Å². The number of aliphatic imine (C=N–C) groups is 1. The fourth-order valence-electron chi connectivity index (χ4n) is 1.13. The molecule has 1 amide bonds. The summed E-state index contributed by atoms with van der Waals surface area (Å²) in [4.78, 5) is 23.3. The zero-order valence-corrected chi connectivity index (χ0v) is 8.66. The number of rotatable bonds is 7. The van der Waals surface area contributed by atoms with Crippen molar-refractivity contribution in [2.24, 2.45) is 4.99 Å². The summed E-state index contributed by atoms with van der Waals surface area (Å²) in [5.41, 5.74) is 0. The molecule has 0 rings (SSSR count). The molecule has 78 valence electrons. The highest BCUT2D eigenvalue weighted by molar-refractivity contribution is 5.91. The molecular weight excluding hydrogens is 178 g/mol. The lowest BCUT2D eigenvalue weighted by molar-refractivity contribution is -0.113. The highest BCUT2D eigenvalue weighted by atomic mass is 16.2. The van der Waals surface area contributed by atoms with Crippen molar-refractivity contribution < 1.29 is 9.59 Å². The number of carbonyl (C=O) groups excluding carboxylic acids is 2. The van der Waals surface area contributed by atoms with Gasteiger partial charge in [-0.05, 0) is 12.8 Å². The Balaban J connectivity index is 3.35. The van der Waals surface area contributed by atoms with E-state index in [9.17, 15) is 9.59 Å². The van der Waals surface area contributed by atoms with Gasteiger partial charge in [0.1, 0.15) is 0 Å². The van der Waals surface area contributed by atoms with E-state index in [-0.39, 0.29) is 0 Å². The normalized spacial score (nSPS) is 10.1. The molecule has 0 heterocycles. The lowest BCUT2D eigenvalue weighted by atomic mass is 10.1. The first kappa shape index (κ1) is 12.8. The van der Waals surface area contributed by atoms with Crippen LogP contribution in [0.15, 0.2) is 17.1 Å². The molecule has 0 unspecified atom stereocenters. The van der Waals surface area contributed by atoms with E-state index in [0.717, 1.165) is 12.8 Å². The quantitative estimate of drug-likeness (QED) is 0.271. The largest absolute Gasteiger partial charge is 0.280 e. The predicted molar refractivity (Wildman–Crippen MR) is 55.6 cm³/mol. The number of amides is 1. The first-order valence-electron chi connectivity index (χ1n) is 5.09. The third kappa shape index (κ3) is 8.88. The minimum absolute atomic E-state index is 0.520. The van der Waals surface area contributed by atoms with Crippen LogP contribution >= 0.6 is 0 Å². The monoisotopic (exact) mass is 195 g/mol. The van der Waals surface area contributed by atoms with E-state index in [1.54, 1.807) is 6.08 Å². The number of isocyanates is 1. The maximum atomic E-state index is 10.7. The lowest BCUT2D eigenvalue weighted by Gasteiger charge is -1.95. The van der Waals surface area contributed by atoms with Gasteiger partial charge in [-0.25, -0.2) is 4.79 Å². The Morgan fingerprint density at radius 2 is 2.00 bits per heavy atom. The van der Waals surface area contributed by atoms with E-state index in [0.29, 0.717) is 0 Å². The van der Waals surface area contributed by atoms with Gasteiger partial charge in [-0.1, -0.05) is 38.7 Å². The molecule has 14 heavy (non-hydrogen) atoms. The minimum Gasteiger partial charge on any atom is -0.267 e. The third-order valence-electron chi connectivity index (χ3n) is 1.89. The smallest absolute Gasteiger partial charge is 0.267 e. The van der Waals surface area contributed by atoms with Gasteiger partial charge >= 0.3 is 0 Å². The molecule has 3 heteroatoms. The Hall–Kier alpha value is -1.21. The molecule has 0 spiro atoms. The molecule has 0 aromatic carbocycles. The van der Waals surface area contributed by atoms with Gasteiger partial charge in [-0.3, -0.25) is 4.79 Å². The maximum Gasteiger partial charge on any atom is 0.280 e. The van der Waals surface area contributed by atoms with E-state index in [2.05, 4.69) is 11.9 Å². The summed E-state index contributed by atoms with van der Waals surface area (Å²) >= 11 is 0. The number of carbonyl (C=O) groups is 1. The number of hydrogen-bond acceptors (Lipinski definition) is 2. The van der Waals surface area contributed by atoms with E-state index < -0.39 is 5.91 Å². The zero-order valence-electron chi connectivity index (χ0n) is 8.66. The molecule has 0 aliphatic heterocycles. The Morgan fingerprint density at radius 3 is 2.64 bits per heavy atom. The van der Waals surface area contributed by atoms with Crippen LogP contribution < -0.4 is 0 Å². The molecule has 0 aliphatic rings. The van der Waals surface area contributed by atoms with Crippen LogP contribution in [0.4, 0.5) is 0 Å². The second-order valence-electron chi connectivity index (χ2n) is 3.15. The van der Waals surface area contributed by atoms with Crippen LogP contribution in [0.25, 0.3) is 0 Å². The van der Waals surface area contributed by atoms with Crippen molar-refractivity contribution >= 4 is 12.0 Å². The van der Waals surface area contributed by atoms with Gasteiger partial charge in [0.15, 0.2) is 0 Å². The fourth-order valence-corrected chi connectivity index (χ4v) is 1.13. The number of hydrogen-bond donors (Lipinski definition) is 0. The Labute approximate surface area is 84.9 Å². The molecule has 0 fully saturated rings. The van der Waals surface area contributed by atoms with E-state index in [4.69, 9.17) is 0 Å². The van der Waals surface area contributed by atoms with Gasteiger partial charge in [0.2, 0.25) is 6.08 Å². The average molecular weight is 195 g/mol. The SMILES string of the molecule is CCCCCCCC=CC(=O)N=C=O. The van der Waals surface area contributed by atoms with Crippen molar-refractivity contribution in [2.75, 3.05) is 0 Å². The van der Waals surface area contributed by atoms with Crippen LogP contribution in [0, 0.1) is 0 Å². The summed E-state index contributed by atoms with van der Waals surface area (Å²) in [7, 11) is 0. The number of allylic oxidation sites excluding steroid dienone is 1. The van der Waals surface area contributed by atoms with Crippen molar-refractivity contribution in [3.63, 3.8) is 0 Å². The predicted octanol–water partition coefficient (Wildman–Crippen LogP) is 2.77. The first-order chi connectivity index (χ1) is 6.81. The van der Waals surface area contributed by atoms with E-state index >= 15 is 0 Å². The minimum atomic E-state index is -0.520. The number of nitrogens with zero attached hydrogens (tertiary/aromatic N) is 1. The van der Waals surface area contributed by atoms with Crippen molar-refractivity contribution in [3.8, 4) is 0 Å². The van der Waals surface area contributed by atoms with Crippen LogP contribution in [-0.2, 0) is 9.59 Å². The third-order valence-corrected chi connectivity index (χ3v) is 1.89. The molecule has 0 bridgehead atoms. The highest BCUT2D eigenvalue weighted by Gasteiger charge is 1.89. The summed E-state index contributed by atoms with van der Waals surface area (Å²) < 4.78 is 0. The number of unbranched alkanes of at least 4 members (excludes halogenated alkanes) is 5. The van der Waals surface area contributed by atoms with Crippen molar-refractivity contribution in [1.82, 2.24) is 0 Å². The molecule has 0 N–H and O–H groups in total. The van der Waals surface area contributed by atoms with E-state index in [1.165, 1.54) is 37.8 Å². The Bertz CT molecular complexity index is 227. The zero-order chi connectivity index (χ0) is 10.6. The summed E-state index contributed by atoms with van der Waals surface area (Å²) in [6.45, 7) is 2.18. The van der Waals surface area contributed by atoms with Gasteiger partial charge in [0, 0.05) is 6.08 Å². The second kappa shape index (κ2) is 9.87. The van der Waals surface area contributed by atoms with Crippen LogP contribution in [0.5, 0.6) is 0 Å². The van der Waals surface area contributed by atoms with Crippen molar-refractivity contribution in [2.45, 2.75) is 45.4 Å². The fraction of sp³-hybridized carbons (Fsp3) is 0.636. The van der Waals surface area contributed by atoms with Gasteiger partial charge in [-0.15, -0.1) is 4.99 Å². The second-order valence-corrected chi connectivity index (χ2v) is 3.15.